The first-order chi connectivity index (χ1) is 11.1. The molecule has 122 valence electrons. The van der Waals surface area contributed by atoms with E-state index in [1.54, 1.807) is 25.4 Å². The third-order valence-corrected chi connectivity index (χ3v) is 4.10. The molecule has 1 aliphatic rings. The van der Waals surface area contributed by atoms with Crippen LogP contribution in [-0.4, -0.2) is 34.7 Å². The van der Waals surface area contributed by atoms with Crippen LogP contribution in [-0.2, 0) is 6.54 Å². The molecule has 1 aromatic carbocycles. The monoisotopic (exact) mass is 320 g/mol. The Morgan fingerprint density at radius 3 is 2.74 bits per heavy atom. The fourth-order valence-electron chi connectivity index (χ4n) is 2.98. The molecule has 0 bridgehead atoms. The van der Waals surface area contributed by atoms with Crippen LogP contribution in [0.2, 0.25) is 0 Å². The quantitative estimate of drug-likeness (QED) is 0.941. The third-order valence-electron chi connectivity index (χ3n) is 4.10. The number of pyridine rings is 1. The van der Waals surface area contributed by atoms with Crippen molar-refractivity contribution in [2.24, 2.45) is 0 Å². The van der Waals surface area contributed by atoms with Crippen LogP contribution in [0.5, 0.6) is 5.88 Å². The van der Waals surface area contributed by atoms with E-state index in [1.807, 2.05) is 11.0 Å². The summed E-state index contributed by atoms with van der Waals surface area (Å²) in [5.41, 5.74) is 1.63. The molecule has 1 N–H and O–H groups in total. The average Bonchev–Trinajstić information content (AvgIpc) is 2.91. The number of methoxy groups -OCH3 is 1. The van der Waals surface area contributed by atoms with Crippen molar-refractivity contribution in [1.29, 1.82) is 0 Å². The summed E-state index contributed by atoms with van der Waals surface area (Å²) >= 11 is 0. The molecule has 2 atom stereocenters. The molecule has 0 spiro atoms. The van der Waals surface area contributed by atoms with Gasteiger partial charge in [0.25, 0.3) is 0 Å². The smallest absolute Gasteiger partial charge is 0.212 e. The van der Waals surface area contributed by atoms with Crippen LogP contribution in [0.25, 0.3) is 0 Å². The number of hydrogen-bond donors (Lipinski definition) is 1. The van der Waals surface area contributed by atoms with Crippen LogP contribution >= 0.6 is 0 Å². The Balaban J connectivity index is 1.79. The van der Waals surface area contributed by atoms with E-state index >= 15 is 0 Å². The molecule has 0 amide bonds. The number of halogens is 2. The van der Waals surface area contributed by atoms with Crippen LogP contribution in [0, 0.1) is 11.6 Å². The van der Waals surface area contributed by atoms with Crippen molar-refractivity contribution in [3.8, 4) is 5.88 Å². The van der Waals surface area contributed by atoms with Gasteiger partial charge >= 0.3 is 0 Å². The highest BCUT2D eigenvalue weighted by Crippen LogP contribution is 2.34. The first kappa shape index (κ1) is 15.8. The molecule has 1 aliphatic heterocycles. The Morgan fingerprint density at radius 2 is 2.09 bits per heavy atom. The molecular weight excluding hydrogens is 302 g/mol. The van der Waals surface area contributed by atoms with Gasteiger partial charge in [-0.15, -0.1) is 0 Å². The number of aromatic nitrogens is 1. The summed E-state index contributed by atoms with van der Waals surface area (Å²) in [6.07, 6.45) is 1.72. The minimum Gasteiger partial charge on any atom is -0.481 e. The van der Waals surface area contributed by atoms with E-state index in [0.717, 1.165) is 11.6 Å². The Morgan fingerprint density at radius 1 is 1.26 bits per heavy atom. The number of β-amino-alcohol motifs (C(OH)–C–C–N with tert-alkyl or cyclic N) is 1. The number of nitrogens with zero attached hydrogens (tertiary/aromatic N) is 2. The van der Waals surface area contributed by atoms with Crippen LogP contribution in [0.3, 0.4) is 0 Å². The Bertz CT molecular complexity index is 679. The van der Waals surface area contributed by atoms with E-state index in [0.29, 0.717) is 31.0 Å². The molecule has 2 aromatic rings. The number of rotatable bonds is 4. The zero-order valence-corrected chi connectivity index (χ0v) is 12.7. The highest BCUT2D eigenvalue weighted by atomic mass is 19.2. The molecule has 1 aromatic heterocycles. The van der Waals surface area contributed by atoms with E-state index in [4.69, 9.17) is 4.74 Å². The van der Waals surface area contributed by atoms with E-state index in [9.17, 15) is 13.9 Å². The van der Waals surface area contributed by atoms with Crippen molar-refractivity contribution in [2.45, 2.75) is 25.1 Å². The first-order valence-electron chi connectivity index (χ1n) is 7.43. The minimum atomic E-state index is -0.866. The number of hydrogen-bond acceptors (Lipinski definition) is 4. The number of likely N-dealkylation sites (tertiary alicyclic amines) is 1. The second-order valence-corrected chi connectivity index (χ2v) is 5.72. The zero-order valence-electron chi connectivity index (χ0n) is 12.7. The molecular formula is C17H18F2N2O2. The fraction of sp³-hybridized carbons (Fsp3) is 0.353. The predicted molar refractivity (Wildman–Crippen MR) is 80.9 cm³/mol. The lowest BCUT2D eigenvalue weighted by Gasteiger charge is -2.24. The maximum atomic E-state index is 13.5. The van der Waals surface area contributed by atoms with Gasteiger partial charge in [-0.05, 0) is 29.7 Å². The summed E-state index contributed by atoms with van der Waals surface area (Å²) in [6, 6.07) is 7.43. The molecule has 0 radical (unpaired) electrons. The summed E-state index contributed by atoms with van der Waals surface area (Å²) in [4.78, 5) is 6.20. The zero-order chi connectivity index (χ0) is 16.4. The van der Waals surface area contributed by atoms with Crippen molar-refractivity contribution in [3.05, 3.63) is 59.3 Å². The van der Waals surface area contributed by atoms with Crippen LogP contribution in [0.1, 0.15) is 23.6 Å². The van der Waals surface area contributed by atoms with Gasteiger partial charge in [0, 0.05) is 31.4 Å². The van der Waals surface area contributed by atoms with Crippen molar-refractivity contribution < 1.29 is 18.6 Å². The number of aliphatic hydroxyl groups excluding tert-OH is 1. The van der Waals surface area contributed by atoms with E-state index < -0.39 is 17.7 Å². The average molecular weight is 320 g/mol. The van der Waals surface area contributed by atoms with E-state index in [-0.39, 0.29) is 6.04 Å². The topological polar surface area (TPSA) is 45.6 Å². The first-order valence-corrected chi connectivity index (χ1v) is 7.43. The van der Waals surface area contributed by atoms with Gasteiger partial charge in [0.05, 0.1) is 13.2 Å². The number of aliphatic hydroxyl groups is 1. The normalized spacial score (nSPS) is 21.6. The van der Waals surface area contributed by atoms with Gasteiger partial charge in [0.1, 0.15) is 0 Å². The van der Waals surface area contributed by atoms with Gasteiger partial charge in [0.15, 0.2) is 11.6 Å². The molecule has 23 heavy (non-hydrogen) atoms. The van der Waals surface area contributed by atoms with E-state index in [2.05, 4.69) is 4.98 Å². The van der Waals surface area contributed by atoms with Crippen molar-refractivity contribution in [3.63, 3.8) is 0 Å². The van der Waals surface area contributed by atoms with Gasteiger partial charge in [-0.2, -0.15) is 0 Å². The third kappa shape index (κ3) is 3.48. The Hall–Kier alpha value is -2.05. The van der Waals surface area contributed by atoms with Gasteiger partial charge < -0.3 is 9.84 Å². The highest BCUT2D eigenvalue weighted by molar-refractivity contribution is 5.24. The SMILES string of the molecule is COc1ccc(CN2C[C@H](O)C[C@H]2c2ccc(F)c(F)c2)cn1. The molecule has 0 aliphatic carbocycles. The molecule has 1 fully saturated rings. The highest BCUT2D eigenvalue weighted by Gasteiger charge is 2.32. The molecule has 1 saturated heterocycles. The van der Waals surface area contributed by atoms with Crippen molar-refractivity contribution in [1.82, 2.24) is 9.88 Å². The largest absolute Gasteiger partial charge is 0.481 e. The van der Waals surface area contributed by atoms with Crippen molar-refractivity contribution in [2.75, 3.05) is 13.7 Å². The number of ether oxygens (including phenoxy) is 1. The molecule has 4 nitrogen and oxygen atoms in total. The van der Waals surface area contributed by atoms with Gasteiger partial charge in [-0.3, -0.25) is 4.90 Å². The van der Waals surface area contributed by atoms with Gasteiger partial charge in [-0.1, -0.05) is 12.1 Å². The summed E-state index contributed by atoms with van der Waals surface area (Å²) < 4.78 is 31.6. The second-order valence-electron chi connectivity index (χ2n) is 5.72. The maximum Gasteiger partial charge on any atom is 0.212 e. The fourth-order valence-corrected chi connectivity index (χ4v) is 2.98. The lowest BCUT2D eigenvalue weighted by Crippen LogP contribution is -2.24. The van der Waals surface area contributed by atoms with Crippen LogP contribution in [0.15, 0.2) is 36.5 Å². The van der Waals surface area contributed by atoms with Crippen molar-refractivity contribution >= 4 is 0 Å². The van der Waals surface area contributed by atoms with Crippen LogP contribution in [0.4, 0.5) is 8.78 Å². The molecule has 0 unspecified atom stereocenters. The standard InChI is InChI=1S/C17H18F2N2O2/c1-23-17-5-2-11(8-20-17)9-21-10-13(22)7-16(21)12-3-4-14(18)15(19)6-12/h2-6,8,13,16,22H,7,9-10H2,1H3/t13-,16+/m1/s1. The maximum absolute atomic E-state index is 13.5. The summed E-state index contributed by atoms with van der Waals surface area (Å²) in [7, 11) is 1.55. The molecule has 6 heteroatoms. The van der Waals surface area contributed by atoms with E-state index in [1.165, 1.54) is 6.07 Å². The van der Waals surface area contributed by atoms with Gasteiger partial charge in [-0.25, -0.2) is 13.8 Å². The molecule has 3 rings (SSSR count). The minimum absolute atomic E-state index is 0.151. The summed E-state index contributed by atoms with van der Waals surface area (Å²) in [5, 5.41) is 9.97. The molecule has 2 heterocycles. The van der Waals surface area contributed by atoms with Gasteiger partial charge in [0.2, 0.25) is 5.88 Å². The summed E-state index contributed by atoms with van der Waals surface area (Å²) in [6.45, 7) is 1.05. The second kappa shape index (κ2) is 6.60. The lowest BCUT2D eigenvalue weighted by atomic mass is 10.0. The molecule has 0 saturated carbocycles. The Kier molecular flexibility index (Phi) is 4.54. The Labute approximate surface area is 133 Å². The summed E-state index contributed by atoms with van der Waals surface area (Å²) in [5.74, 6) is -1.19. The predicted octanol–water partition coefficient (Wildman–Crippen LogP) is 2.68. The number of benzene rings is 1. The van der Waals surface area contributed by atoms with Crippen LogP contribution < -0.4 is 4.74 Å². The lowest BCUT2D eigenvalue weighted by molar-refractivity contribution is 0.172.